The molecule has 0 aromatic carbocycles. The summed E-state index contributed by atoms with van der Waals surface area (Å²) < 4.78 is 0. The summed E-state index contributed by atoms with van der Waals surface area (Å²) in [6.07, 6.45) is 5.79. The molecular weight excluding hydrogens is 158 g/mol. The molecule has 2 unspecified atom stereocenters. The monoisotopic (exact) mass is 181 g/mol. The van der Waals surface area contributed by atoms with Gasteiger partial charge in [0, 0.05) is 12.1 Å². The molecule has 2 fully saturated rings. The van der Waals surface area contributed by atoms with Crippen LogP contribution in [0.25, 0.3) is 0 Å². The first-order chi connectivity index (χ1) is 5.98. The van der Waals surface area contributed by atoms with Gasteiger partial charge in [0.25, 0.3) is 0 Å². The smallest absolute Gasteiger partial charge is 0.00985 e. The summed E-state index contributed by atoms with van der Waals surface area (Å²) in [4.78, 5) is 2.63. The van der Waals surface area contributed by atoms with Crippen LogP contribution in [0.15, 0.2) is 0 Å². The summed E-state index contributed by atoms with van der Waals surface area (Å²) in [5.74, 6) is 0.959. The van der Waals surface area contributed by atoms with E-state index in [4.69, 9.17) is 0 Å². The van der Waals surface area contributed by atoms with Crippen LogP contribution in [-0.4, -0.2) is 24.0 Å². The molecule has 0 saturated carbocycles. The van der Waals surface area contributed by atoms with Crippen LogP contribution in [0.1, 0.15) is 46.5 Å². The molecule has 2 aliphatic rings. The van der Waals surface area contributed by atoms with Gasteiger partial charge in [0.15, 0.2) is 0 Å². The van der Waals surface area contributed by atoms with E-state index in [2.05, 4.69) is 32.7 Å². The van der Waals surface area contributed by atoms with E-state index in [0.717, 1.165) is 18.0 Å². The minimum absolute atomic E-state index is 0.530. The molecule has 2 rings (SSSR count). The molecule has 2 atom stereocenters. The Hall–Kier alpha value is -0.0400. The van der Waals surface area contributed by atoms with Crippen molar-refractivity contribution in [1.82, 2.24) is 4.90 Å². The second kappa shape index (κ2) is 2.98. The molecule has 0 aliphatic carbocycles. The van der Waals surface area contributed by atoms with Crippen molar-refractivity contribution < 1.29 is 0 Å². The first kappa shape index (κ1) is 9.51. The van der Waals surface area contributed by atoms with Crippen molar-refractivity contribution in [3.8, 4) is 0 Å². The molecule has 2 aliphatic heterocycles. The van der Waals surface area contributed by atoms with Crippen LogP contribution in [0.5, 0.6) is 0 Å². The standard InChI is InChI=1S/C12H23N/c1-12(2,3)9-7-10-5-6-11(8-9)13(10)4/h9-11H,5-8H2,1-4H3. The Morgan fingerprint density at radius 2 is 1.46 bits per heavy atom. The summed E-state index contributed by atoms with van der Waals surface area (Å²) in [7, 11) is 2.32. The van der Waals surface area contributed by atoms with Gasteiger partial charge >= 0.3 is 0 Å². The van der Waals surface area contributed by atoms with Crippen LogP contribution in [0, 0.1) is 11.3 Å². The fourth-order valence-electron chi connectivity index (χ4n) is 3.12. The predicted octanol–water partition coefficient (Wildman–Crippen LogP) is 2.91. The highest BCUT2D eigenvalue weighted by Crippen LogP contribution is 2.44. The van der Waals surface area contributed by atoms with Crippen molar-refractivity contribution in [2.45, 2.75) is 58.5 Å². The first-order valence-electron chi connectivity index (χ1n) is 5.70. The second-order valence-electron chi connectivity index (χ2n) is 6.08. The Kier molecular flexibility index (Phi) is 2.18. The minimum atomic E-state index is 0.530. The maximum Gasteiger partial charge on any atom is 0.00985 e. The third-order valence-corrected chi connectivity index (χ3v) is 4.32. The third kappa shape index (κ3) is 1.63. The highest BCUT2D eigenvalue weighted by atomic mass is 15.2. The van der Waals surface area contributed by atoms with Gasteiger partial charge in [-0.3, -0.25) is 0 Å². The number of hydrogen-bond donors (Lipinski definition) is 0. The topological polar surface area (TPSA) is 3.24 Å². The average Bonchev–Trinajstić information content (AvgIpc) is 2.29. The van der Waals surface area contributed by atoms with E-state index in [0.29, 0.717) is 5.41 Å². The summed E-state index contributed by atoms with van der Waals surface area (Å²) in [6, 6.07) is 1.81. The van der Waals surface area contributed by atoms with Crippen LogP contribution in [0.3, 0.4) is 0 Å². The van der Waals surface area contributed by atoms with E-state index >= 15 is 0 Å². The molecule has 0 spiro atoms. The van der Waals surface area contributed by atoms with Crippen LogP contribution in [0.4, 0.5) is 0 Å². The van der Waals surface area contributed by atoms with Gasteiger partial charge in [0.2, 0.25) is 0 Å². The molecule has 2 saturated heterocycles. The van der Waals surface area contributed by atoms with Gasteiger partial charge in [-0.25, -0.2) is 0 Å². The Balaban J connectivity index is 2.07. The lowest BCUT2D eigenvalue weighted by atomic mass is 9.73. The van der Waals surface area contributed by atoms with Crippen LogP contribution in [0.2, 0.25) is 0 Å². The van der Waals surface area contributed by atoms with E-state index in [1.807, 2.05) is 0 Å². The van der Waals surface area contributed by atoms with E-state index in [1.165, 1.54) is 25.7 Å². The summed E-state index contributed by atoms with van der Waals surface area (Å²) in [5, 5.41) is 0. The highest BCUT2D eigenvalue weighted by Gasteiger charge is 2.41. The average molecular weight is 181 g/mol. The molecule has 2 bridgehead atoms. The van der Waals surface area contributed by atoms with Crippen molar-refractivity contribution in [2.75, 3.05) is 7.05 Å². The normalized spacial score (nSPS) is 41.1. The van der Waals surface area contributed by atoms with E-state index in [1.54, 1.807) is 0 Å². The van der Waals surface area contributed by atoms with Crippen molar-refractivity contribution in [3.63, 3.8) is 0 Å². The Morgan fingerprint density at radius 1 is 1.00 bits per heavy atom. The molecule has 0 amide bonds. The van der Waals surface area contributed by atoms with E-state index in [-0.39, 0.29) is 0 Å². The number of hydrogen-bond acceptors (Lipinski definition) is 1. The van der Waals surface area contributed by atoms with Crippen LogP contribution < -0.4 is 0 Å². The van der Waals surface area contributed by atoms with Crippen molar-refractivity contribution >= 4 is 0 Å². The molecular formula is C12H23N. The van der Waals surface area contributed by atoms with Crippen molar-refractivity contribution in [3.05, 3.63) is 0 Å². The largest absolute Gasteiger partial charge is 0.300 e. The number of piperidine rings is 1. The zero-order chi connectivity index (χ0) is 9.64. The number of rotatable bonds is 0. The highest BCUT2D eigenvalue weighted by molar-refractivity contribution is 4.96. The lowest BCUT2D eigenvalue weighted by molar-refractivity contribution is 0.0736. The predicted molar refractivity (Wildman–Crippen MR) is 56.8 cm³/mol. The third-order valence-electron chi connectivity index (χ3n) is 4.32. The number of nitrogens with zero attached hydrogens (tertiary/aromatic N) is 1. The maximum atomic E-state index is 2.63. The van der Waals surface area contributed by atoms with Gasteiger partial charge in [-0.15, -0.1) is 0 Å². The Morgan fingerprint density at radius 3 is 1.85 bits per heavy atom. The fourth-order valence-corrected chi connectivity index (χ4v) is 3.12. The molecule has 1 nitrogen and oxygen atoms in total. The number of fused-ring (bicyclic) bond motifs is 2. The first-order valence-corrected chi connectivity index (χ1v) is 5.70. The summed E-state index contributed by atoms with van der Waals surface area (Å²) >= 11 is 0. The quantitative estimate of drug-likeness (QED) is 0.555. The van der Waals surface area contributed by atoms with Crippen molar-refractivity contribution in [2.24, 2.45) is 11.3 Å². The molecule has 0 aromatic rings. The van der Waals surface area contributed by atoms with Crippen molar-refractivity contribution in [1.29, 1.82) is 0 Å². The molecule has 0 radical (unpaired) electrons. The van der Waals surface area contributed by atoms with Gasteiger partial charge in [0.05, 0.1) is 0 Å². The van der Waals surface area contributed by atoms with E-state index < -0.39 is 0 Å². The molecule has 1 heteroatoms. The van der Waals surface area contributed by atoms with Crippen LogP contribution in [-0.2, 0) is 0 Å². The van der Waals surface area contributed by atoms with Gasteiger partial charge in [-0.2, -0.15) is 0 Å². The zero-order valence-corrected chi connectivity index (χ0v) is 9.51. The zero-order valence-electron chi connectivity index (χ0n) is 9.51. The molecule has 0 N–H and O–H groups in total. The molecule has 2 heterocycles. The van der Waals surface area contributed by atoms with Gasteiger partial charge in [0.1, 0.15) is 0 Å². The van der Waals surface area contributed by atoms with Crippen LogP contribution >= 0.6 is 0 Å². The second-order valence-corrected chi connectivity index (χ2v) is 6.08. The Labute approximate surface area is 82.5 Å². The Bertz CT molecular complexity index is 178. The van der Waals surface area contributed by atoms with Gasteiger partial charge in [-0.1, -0.05) is 20.8 Å². The lowest BCUT2D eigenvalue weighted by Crippen LogP contribution is -2.43. The minimum Gasteiger partial charge on any atom is -0.300 e. The van der Waals surface area contributed by atoms with Gasteiger partial charge < -0.3 is 4.90 Å². The fraction of sp³-hybridized carbons (Fsp3) is 1.00. The summed E-state index contributed by atoms with van der Waals surface area (Å²) in [6.45, 7) is 7.22. The molecule has 0 aromatic heterocycles. The van der Waals surface area contributed by atoms with E-state index in [9.17, 15) is 0 Å². The SMILES string of the molecule is CN1C2CCC1CC(C(C)(C)C)C2. The molecule has 76 valence electrons. The lowest BCUT2D eigenvalue weighted by Gasteiger charge is -2.42. The maximum absolute atomic E-state index is 2.63. The summed E-state index contributed by atoms with van der Waals surface area (Å²) in [5.41, 5.74) is 0.530. The molecule has 13 heavy (non-hydrogen) atoms. The van der Waals surface area contributed by atoms with Gasteiger partial charge in [-0.05, 0) is 44.1 Å².